The van der Waals surface area contributed by atoms with E-state index in [1.807, 2.05) is 36.0 Å². The summed E-state index contributed by atoms with van der Waals surface area (Å²) < 4.78 is 5.92. The Morgan fingerprint density at radius 1 is 1.44 bits per heavy atom. The molecule has 4 heteroatoms. The standard InChI is InChI=1S/C14H18O3S/c1-10(14(15)16)11-3-2-4-13(9-11)17-12-5-7-18-8-6-12/h2-4,9-10,12H,5-8H2,1H3,(H,15,16). The fraction of sp³-hybridized carbons (Fsp3) is 0.500. The smallest absolute Gasteiger partial charge is 0.310 e. The van der Waals surface area contributed by atoms with Crippen molar-refractivity contribution < 1.29 is 14.6 Å². The first-order valence-corrected chi connectivity index (χ1v) is 7.39. The van der Waals surface area contributed by atoms with Crippen molar-refractivity contribution in [3.63, 3.8) is 0 Å². The minimum atomic E-state index is -0.804. The highest BCUT2D eigenvalue weighted by atomic mass is 32.2. The molecule has 1 aliphatic heterocycles. The largest absolute Gasteiger partial charge is 0.490 e. The molecule has 1 fully saturated rings. The lowest BCUT2D eigenvalue weighted by atomic mass is 10.0. The highest BCUT2D eigenvalue weighted by Gasteiger charge is 2.17. The predicted molar refractivity (Wildman–Crippen MR) is 73.5 cm³/mol. The van der Waals surface area contributed by atoms with Gasteiger partial charge in [0.05, 0.1) is 5.92 Å². The Labute approximate surface area is 112 Å². The lowest BCUT2D eigenvalue weighted by Crippen LogP contribution is -2.22. The van der Waals surface area contributed by atoms with Crippen LogP contribution in [-0.4, -0.2) is 28.7 Å². The first-order valence-electron chi connectivity index (χ1n) is 6.24. The predicted octanol–water partition coefficient (Wildman–Crippen LogP) is 3.15. The molecule has 3 nitrogen and oxygen atoms in total. The molecule has 18 heavy (non-hydrogen) atoms. The van der Waals surface area contributed by atoms with E-state index in [2.05, 4.69) is 0 Å². The van der Waals surface area contributed by atoms with Gasteiger partial charge in [0, 0.05) is 0 Å². The number of hydrogen-bond donors (Lipinski definition) is 1. The maximum Gasteiger partial charge on any atom is 0.310 e. The topological polar surface area (TPSA) is 46.5 Å². The number of benzene rings is 1. The van der Waals surface area contributed by atoms with Crippen LogP contribution in [-0.2, 0) is 4.79 Å². The third kappa shape index (κ3) is 3.42. The Balaban J connectivity index is 2.04. The molecule has 0 bridgehead atoms. The van der Waals surface area contributed by atoms with Crippen molar-refractivity contribution in [1.82, 2.24) is 0 Å². The summed E-state index contributed by atoms with van der Waals surface area (Å²) in [5.74, 6) is 1.79. The number of hydrogen-bond acceptors (Lipinski definition) is 3. The molecule has 98 valence electrons. The van der Waals surface area contributed by atoms with Crippen molar-refractivity contribution in [3.8, 4) is 5.75 Å². The molecule has 1 aromatic rings. The third-order valence-electron chi connectivity index (χ3n) is 3.20. The van der Waals surface area contributed by atoms with Crippen molar-refractivity contribution in [3.05, 3.63) is 29.8 Å². The highest BCUT2D eigenvalue weighted by Crippen LogP contribution is 2.25. The SMILES string of the molecule is CC(C(=O)O)c1cccc(OC2CCSCC2)c1. The van der Waals surface area contributed by atoms with E-state index in [9.17, 15) is 4.79 Å². The van der Waals surface area contributed by atoms with Gasteiger partial charge in [-0.15, -0.1) is 0 Å². The average molecular weight is 266 g/mol. The van der Waals surface area contributed by atoms with Crippen LogP contribution in [0.15, 0.2) is 24.3 Å². The molecule has 0 radical (unpaired) electrons. The summed E-state index contributed by atoms with van der Waals surface area (Å²) in [6, 6.07) is 7.45. The molecule has 1 aliphatic rings. The normalized spacial score (nSPS) is 18.3. The molecule has 0 amide bonds. The highest BCUT2D eigenvalue weighted by molar-refractivity contribution is 7.99. The van der Waals surface area contributed by atoms with Crippen molar-refractivity contribution >= 4 is 17.7 Å². The van der Waals surface area contributed by atoms with E-state index >= 15 is 0 Å². The van der Waals surface area contributed by atoms with Gasteiger partial charge in [-0.05, 0) is 49.0 Å². The molecular formula is C14H18O3S. The van der Waals surface area contributed by atoms with Crippen molar-refractivity contribution in [1.29, 1.82) is 0 Å². The maximum atomic E-state index is 11.0. The lowest BCUT2D eigenvalue weighted by molar-refractivity contribution is -0.138. The van der Waals surface area contributed by atoms with Gasteiger partial charge in [0.1, 0.15) is 11.9 Å². The Kier molecular flexibility index (Phi) is 4.53. The van der Waals surface area contributed by atoms with E-state index in [4.69, 9.17) is 9.84 Å². The van der Waals surface area contributed by atoms with E-state index in [1.165, 1.54) is 0 Å². The third-order valence-corrected chi connectivity index (χ3v) is 4.25. The van der Waals surface area contributed by atoms with Gasteiger partial charge in [0.2, 0.25) is 0 Å². The van der Waals surface area contributed by atoms with Crippen molar-refractivity contribution in [2.24, 2.45) is 0 Å². The average Bonchev–Trinajstić information content (AvgIpc) is 2.39. The Morgan fingerprint density at radius 2 is 2.17 bits per heavy atom. The molecule has 0 aromatic heterocycles. The summed E-state index contributed by atoms with van der Waals surface area (Å²) >= 11 is 1.96. The molecule has 1 aromatic carbocycles. The molecular weight excluding hydrogens is 248 g/mol. The second kappa shape index (κ2) is 6.14. The van der Waals surface area contributed by atoms with E-state index < -0.39 is 11.9 Å². The van der Waals surface area contributed by atoms with E-state index in [-0.39, 0.29) is 6.10 Å². The van der Waals surface area contributed by atoms with Crippen molar-refractivity contribution in [2.75, 3.05) is 11.5 Å². The molecule has 1 heterocycles. The van der Waals surface area contributed by atoms with E-state index in [0.717, 1.165) is 35.7 Å². The van der Waals surface area contributed by atoms with Crippen LogP contribution in [0.1, 0.15) is 31.2 Å². The first-order chi connectivity index (χ1) is 8.66. The quantitative estimate of drug-likeness (QED) is 0.909. The fourth-order valence-electron chi connectivity index (χ4n) is 1.99. The second-order valence-corrected chi connectivity index (χ2v) is 5.79. The van der Waals surface area contributed by atoms with Crippen LogP contribution in [0.25, 0.3) is 0 Å². The minimum absolute atomic E-state index is 0.279. The van der Waals surface area contributed by atoms with Crippen molar-refractivity contribution in [2.45, 2.75) is 31.8 Å². The van der Waals surface area contributed by atoms with Gasteiger partial charge < -0.3 is 9.84 Å². The zero-order chi connectivity index (χ0) is 13.0. The first kappa shape index (κ1) is 13.3. The van der Waals surface area contributed by atoms with Gasteiger partial charge >= 0.3 is 5.97 Å². The Hall–Kier alpha value is -1.16. The van der Waals surface area contributed by atoms with E-state index in [0.29, 0.717) is 0 Å². The zero-order valence-corrected chi connectivity index (χ0v) is 11.3. The van der Waals surface area contributed by atoms with Crippen LogP contribution in [0, 0.1) is 0 Å². The number of carbonyl (C=O) groups is 1. The monoisotopic (exact) mass is 266 g/mol. The summed E-state index contributed by atoms with van der Waals surface area (Å²) in [7, 11) is 0. The van der Waals surface area contributed by atoms with Crippen LogP contribution in [0.3, 0.4) is 0 Å². The number of aliphatic carboxylic acids is 1. The molecule has 1 atom stereocenters. The summed E-state index contributed by atoms with van der Waals surface area (Å²) in [6.07, 6.45) is 2.42. The molecule has 0 aliphatic carbocycles. The lowest BCUT2D eigenvalue weighted by Gasteiger charge is -2.23. The van der Waals surface area contributed by atoms with Gasteiger partial charge in [-0.1, -0.05) is 12.1 Å². The fourth-order valence-corrected chi connectivity index (χ4v) is 3.05. The van der Waals surface area contributed by atoms with Crippen LogP contribution in [0.2, 0.25) is 0 Å². The minimum Gasteiger partial charge on any atom is -0.490 e. The van der Waals surface area contributed by atoms with Crippen LogP contribution >= 0.6 is 11.8 Å². The number of ether oxygens (including phenoxy) is 1. The van der Waals surface area contributed by atoms with Gasteiger partial charge in [-0.25, -0.2) is 0 Å². The molecule has 2 rings (SSSR count). The number of thioether (sulfide) groups is 1. The molecule has 1 unspecified atom stereocenters. The summed E-state index contributed by atoms with van der Waals surface area (Å²) in [4.78, 5) is 11.0. The molecule has 1 N–H and O–H groups in total. The zero-order valence-electron chi connectivity index (χ0n) is 10.5. The number of rotatable bonds is 4. The van der Waals surface area contributed by atoms with Crippen LogP contribution in [0.4, 0.5) is 0 Å². The summed E-state index contributed by atoms with van der Waals surface area (Å²) in [5, 5.41) is 9.00. The van der Waals surface area contributed by atoms with Crippen LogP contribution in [0.5, 0.6) is 5.75 Å². The van der Waals surface area contributed by atoms with Crippen LogP contribution < -0.4 is 4.74 Å². The summed E-state index contributed by atoms with van der Waals surface area (Å²) in [6.45, 7) is 1.69. The number of carboxylic acid groups (broad SMARTS) is 1. The Bertz CT molecular complexity index is 413. The Morgan fingerprint density at radius 3 is 2.83 bits per heavy atom. The summed E-state index contributed by atoms with van der Waals surface area (Å²) in [5.41, 5.74) is 0.796. The molecule has 0 saturated carbocycles. The van der Waals surface area contributed by atoms with Gasteiger partial charge in [-0.3, -0.25) is 4.79 Å². The number of carboxylic acids is 1. The van der Waals surface area contributed by atoms with E-state index in [1.54, 1.807) is 6.92 Å². The second-order valence-electron chi connectivity index (χ2n) is 4.56. The maximum absolute atomic E-state index is 11.0. The molecule has 0 spiro atoms. The van der Waals surface area contributed by atoms with Gasteiger partial charge in [-0.2, -0.15) is 11.8 Å². The van der Waals surface area contributed by atoms with Gasteiger partial charge in [0.25, 0.3) is 0 Å². The van der Waals surface area contributed by atoms with Gasteiger partial charge in [0.15, 0.2) is 0 Å². The molecule has 1 saturated heterocycles.